The van der Waals surface area contributed by atoms with E-state index in [1.165, 1.54) is 12.1 Å². The maximum absolute atomic E-state index is 13.1. The summed E-state index contributed by atoms with van der Waals surface area (Å²) < 4.78 is 24.6. The number of ether oxygens (including phenoxy) is 2. The topological polar surface area (TPSA) is 50.8 Å². The number of morpholine rings is 2. The third-order valence-corrected chi connectivity index (χ3v) is 4.40. The Bertz CT molecular complexity index is 551. The van der Waals surface area contributed by atoms with Crippen molar-refractivity contribution in [3.63, 3.8) is 0 Å². The normalized spacial score (nSPS) is 31.9. The molecule has 6 heteroatoms. The molecule has 3 rings (SSSR count). The molecular formula is C17H23FN2O3. The first kappa shape index (κ1) is 16.4. The number of benzene rings is 1. The van der Waals surface area contributed by atoms with E-state index in [2.05, 4.69) is 5.32 Å². The molecule has 4 atom stereocenters. The second kappa shape index (κ2) is 6.95. The number of hydrogen-bond acceptors (Lipinski definition) is 4. The average Bonchev–Trinajstić information content (AvgIpc) is 2.55. The van der Waals surface area contributed by atoms with Crippen LogP contribution in [0.4, 0.5) is 4.39 Å². The standard InChI is InChI=1S/C17H23FN2O3/c1-11-9-20(17(21)16-12(2)22-8-7-19-16)10-15(23-11)13-3-5-14(18)6-4-13/h3-6,11-12,15-16,19H,7-10H2,1-2H3/t11?,12-,15?,16+/m1/s1. The van der Waals surface area contributed by atoms with E-state index < -0.39 is 0 Å². The molecule has 0 spiro atoms. The Balaban J connectivity index is 1.72. The van der Waals surface area contributed by atoms with Crippen molar-refractivity contribution < 1.29 is 18.7 Å². The van der Waals surface area contributed by atoms with Crippen LogP contribution in [0, 0.1) is 5.82 Å². The number of nitrogens with one attached hydrogen (secondary N) is 1. The lowest BCUT2D eigenvalue weighted by atomic mass is 10.0. The molecule has 5 nitrogen and oxygen atoms in total. The van der Waals surface area contributed by atoms with Crippen LogP contribution in [-0.4, -0.2) is 55.3 Å². The maximum Gasteiger partial charge on any atom is 0.242 e. The van der Waals surface area contributed by atoms with Gasteiger partial charge in [-0.2, -0.15) is 0 Å². The van der Waals surface area contributed by atoms with Crippen molar-refractivity contribution in [2.45, 2.75) is 38.2 Å². The summed E-state index contributed by atoms with van der Waals surface area (Å²) in [4.78, 5) is 14.6. The minimum absolute atomic E-state index is 0.0412. The Hall–Kier alpha value is -1.50. The lowest BCUT2D eigenvalue weighted by Gasteiger charge is -2.40. The Morgan fingerprint density at radius 2 is 2.00 bits per heavy atom. The Morgan fingerprint density at radius 3 is 2.70 bits per heavy atom. The van der Waals surface area contributed by atoms with E-state index in [9.17, 15) is 9.18 Å². The monoisotopic (exact) mass is 322 g/mol. The van der Waals surface area contributed by atoms with E-state index in [1.807, 2.05) is 18.7 Å². The van der Waals surface area contributed by atoms with Gasteiger partial charge in [0, 0.05) is 13.1 Å². The third kappa shape index (κ3) is 3.71. The molecule has 2 fully saturated rings. The summed E-state index contributed by atoms with van der Waals surface area (Å²) in [5, 5.41) is 3.24. The van der Waals surface area contributed by atoms with Gasteiger partial charge in [-0.25, -0.2) is 4.39 Å². The number of carbonyl (C=O) groups is 1. The first-order valence-electron chi connectivity index (χ1n) is 8.09. The first-order chi connectivity index (χ1) is 11.0. The van der Waals surface area contributed by atoms with Gasteiger partial charge < -0.3 is 19.7 Å². The molecule has 0 aromatic heterocycles. The number of nitrogens with zero attached hydrogens (tertiary/aromatic N) is 1. The minimum Gasteiger partial charge on any atom is -0.375 e. The summed E-state index contributed by atoms with van der Waals surface area (Å²) in [5.41, 5.74) is 0.886. The van der Waals surface area contributed by atoms with Crippen LogP contribution >= 0.6 is 0 Å². The van der Waals surface area contributed by atoms with Crippen LogP contribution in [-0.2, 0) is 14.3 Å². The summed E-state index contributed by atoms with van der Waals surface area (Å²) in [6.45, 7) is 6.20. The SMILES string of the molecule is CC1CN(C(=O)[C@H]2NCCO[C@@H]2C)CC(c2ccc(F)cc2)O1. The van der Waals surface area contributed by atoms with Gasteiger partial charge in [0.25, 0.3) is 0 Å². The molecule has 0 saturated carbocycles. The zero-order chi connectivity index (χ0) is 16.4. The van der Waals surface area contributed by atoms with Gasteiger partial charge in [0.2, 0.25) is 5.91 Å². The molecule has 2 aliphatic rings. The molecule has 2 unspecified atom stereocenters. The number of hydrogen-bond donors (Lipinski definition) is 1. The lowest BCUT2D eigenvalue weighted by Crippen LogP contribution is -2.59. The Labute approximate surface area is 135 Å². The molecule has 2 heterocycles. The molecule has 0 aliphatic carbocycles. The largest absolute Gasteiger partial charge is 0.375 e. The van der Waals surface area contributed by atoms with E-state index in [-0.39, 0.29) is 36.1 Å². The van der Waals surface area contributed by atoms with Crippen LogP contribution in [0.2, 0.25) is 0 Å². The molecule has 1 amide bonds. The molecule has 2 aliphatic heterocycles. The van der Waals surface area contributed by atoms with Gasteiger partial charge in [-0.05, 0) is 31.5 Å². The molecule has 1 N–H and O–H groups in total. The summed E-state index contributed by atoms with van der Waals surface area (Å²) in [6.07, 6.45) is -0.440. The van der Waals surface area contributed by atoms with Gasteiger partial charge in [0.15, 0.2) is 0 Å². The van der Waals surface area contributed by atoms with Gasteiger partial charge >= 0.3 is 0 Å². The summed E-state index contributed by atoms with van der Waals surface area (Å²) in [6, 6.07) is 5.95. The second-order valence-electron chi connectivity index (χ2n) is 6.24. The third-order valence-electron chi connectivity index (χ3n) is 4.40. The van der Waals surface area contributed by atoms with Crippen molar-refractivity contribution in [3.05, 3.63) is 35.6 Å². The van der Waals surface area contributed by atoms with Crippen LogP contribution in [0.5, 0.6) is 0 Å². The fourth-order valence-corrected chi connectivity index (χ4v) is 3.20. The van der Waals surface area contributed by atoms with Crippen LogP contribution in [0.1, 0.15) is 25.5 Å². The van der Waals surface area contributed by atoms with Crippen molar-refractivity contribution in [2.75, 3.05) is 26.2 Å². The summed E-state index contributed by atoms with van der Waals surface area (Å²) >= 11 is 0. The minimum atomic E-state index is -0.317. The highest BCUT2D eigenvalue weighted by Crippen LogP contribution is 2.26. The van der Waals surface area contributed by atoms with Gasteiger partial charge in [0.05, 0.1) is 25.4 Å². The van der Waals surface area contributed by atoms with Crippen molar-refractivity contribution in [3.8, 4) is 0 Å². The van der Waals surface area contributed by atoms with E-state index in [0.29, 0.717) is 26.2 Å². The number of rotatable bonds is 2. The predicted octanol–water partition coefficient (Wildman–Crippen LogP) is 1.49. The Morgan fingerprint density at radius 1 is 1.26 bits per heavy atom. The number of carbonyl (C=O) groups excluding carboxylic acids is 1. The summed E-state index contributed by atoms with van der Waals surface area (Å²) in [5.74, 6) is -0.234. The van der Waals surface area contributed by atoms with Gasteiger partial charge in [-0.1, -0.05) is 12.1 Å². The summed E-state index contributed by atoms with van der Waals surface area (Å²) in [7, 11) is 0. The van der Waals surface area contributed by atoms with Gasteiger partial charge in [0.1, 0.15) is 18.0 Å². The number of amides is 1. The smallest absolute Gasteiger partial charge is 0.242 e. The van der Waals surface area contributed by atoms with Crippen LogP contribution < -0.4 is 5.32 Å². The fourth-order valence-electron chi connectivity index (χ4n) is 3.20. The molecule has 2 saturated heterocycles. The van der Waals surface area contributed by atoms with Crippen LogP contribution in [0.3, 0.4) is 0 Å². The van der Waals surface area contributed by atoms with E-state index in [0.717, 1.165) is 5.56 Å². The van der Waals surface area contributed by atoms with Crippen molar-refractivity contribution in [1.29, 1.82) is 0 Å². The van der Waals surface area contributed by atoms with Crippen molar-refractivity contribution in [1.82, 2.24) is 10.2 Å². The van der Waals surface area contributed by atoms with Gasteiger partial charge in [-0.3, -0.25) is 4.79 Å². The van der Waals surface area contributed by atoms with Crippen LogP contribution in [0.15, 0.2) is 24.3 Å². The quantitative estimate of drug-likeness (QED) is 0.896. The molecule has 0 bridgehead atoms. The lowest BCUT2D eigenvalue weighted by molar-refractivity contribution is -0.152. The Kier molecular flexibility index (Phi) is 4.94. The van der Waals surface area contributed by atoms with Crippen LogP contribution in [0.25, 0.3) is 0 Å². The average molecular weight is 322 g/mol. The molecule has 0 radical (unpaired) electrons. The zero-order valence-electron chi connectivity index (χ0n) is 13.5. The highest BCUT2D eigenvalue weighted by Gasteiger charge is 2.36. The molecule has 126 valence electrons. The molecule has 1 aromatic rings. The first-order valence-corrected chi connectivity index (χ1v) is 8.09. The zero-order valence-corrected chi connectivity index (χ0v) is 13.5. The van der Waals surface area contributed by atoms with E-state index in [1.54, 1.807) is 12.1 Å². The molecule has 23 heavy (non-hydrogen) atoms. The van der Waals surface area contributed by atoms with E-state index >= 15 is 0 Å². The van der Waals surface area contributed by atoms with Gasteiger partial charge in [-0.15, -0.1) is 0 Å². The fraction of sp³-hybridized carbons (Fsp3) is 0.588. The predicted molar refractivity (Wildman–Crippen MR) is 83.5 cm³/mol. The molecular weight excluding hydrogens is 299 g/mol. The van der Waals surface area contributed by atoms with E-state index in [4.69, 9.17) is 9.47 Å². The second-order valence-corrected chi connectivity index (χ2v) is 6.24. The highest BCUT2D eigenvalue weighted by atomic mass is 19.1. The maximum atomic E-state index is 13.1. The van der Waals surface area contributed by atoms with Crippen molar-refractivity contribution in [2.24, 2.45) is 0 Å². The highest BCUT2D eigenvalue weighted by molar-refractivity contribution is 5.82. The molecule has 1 aromatic carbocycles. The number of halogens is 1. The van der Waals surface area contributed by atoms with Crippen molar-refractivity contribution >= 4 is 5.91 Å².